The van der Waals surface area contributed by atoms with Crippen LogP contribution in [0.5, 0.6) is 5.75 Å². The lowest BCUT2D eigenvalue weighted by atomic mass is 10.2. The maximum atomic E-state index is 12.1. The summed E-state index contributed by atoms with van der Waals surface area (Å²) in [6.45, 7) is 10.1. The molecule has 2 N–H and O–H groups in total. The number of amides is 1. The van der Waals surface area contributed by atoms with E-state index in [-0.39, 0.29) is 47.9 Å². The molecule has 1 aromatic carbocycles. The van der Waals surface area contributed by atoms with E-state index in [0.29, 0.717) is 6.54 Å². The summed E-state index contributed by atoms with van der Waals surface area (Å²) in [6.07, 6.45) is 0.951. The minimum atomic E-state index is 0. The van der Waals surface area contributed by atoms with E-state index in [9.17, 15) is 4.79 Å². The molecule has 6 nitrogen and oxygen atoms in total. The van der Waals surface area contributed by atoms with Crippen molar-refractivity contribution in [2.75, 3.05) is 26.7 Å². The molecule has 1 aromatic rings. The van der Waals surface area contributed by atoms with E-state index in [4.69, 9.17) is 4.74 Å². The third-order valence-corrected chi connectivity index (χ3v) is 4.44. The number of nitrogens with one attached hydrogen (secondary N) is 2. The molecule has 2 unspecified atom stereocenters. The Labute approximate surface area is 180 Å². The van der Waals surface area contributed by atoms with Gasteiger partial charge in [-0.05, 0) is 38.0 Å². The third-order valence-electron chi connectivity index (χ3n) is 4.44. The number of ether oxygens (including phenoxy) is 1. The van der Waals surface area contributed by atoms with Crippen molar-refractivity contribution in [3.63, 3.8) is 0 Å². The second-order valence-electron chi connectivity index (χ2n) is 7.27. The normalized spacial score (nSPS) is 18.1. The van der Waals surface area contributed by atoms with Crippen LogP contribution in [0.2, 0.25) is 0 Å². The Morgan fingerprint density at radius 3 is 2.74 bits per heavy atom. The summed E-state index contributed by atoms with van der Waals surface area (Å²) in [5.74, 6) is 1.89. The van der Waals surface area contributed by atoms with Crippen LogP contribution in [-0.2, 0) is 4.79 Å². The molecule has 1 aliphatic rings. The van der Waals surface area contributed by atoms with Gasteiger partial charge in [0.05, 0.1) is 6.54 Å². The SMILES string of the molecule is CN=C(NCC(C)Oc1cccc(C)c1)NC1CCN(C(=O)C(C)C)C1.I. The first-order valence-electron chi connectivity index (χ1n) is 9.38. The van der Waals surface area contributed by atoms with Crippen molar-refractivity contribution in [1.82, 2.24) is 15.5 Å². The van der Waals surface area contributed by atoms with Crippen molar-refractivity contribution in [2.45, 2.75) is 46.3 Å². The summed E-state index contributed by atoms with van der Waals surface area (Å²) < 4.78 is 5.94. The molecule has 1 saturated heterocycles. The average Bonchev–Trinajstić information content (AvgIpc) is 3.06. The zero-order chi connectivity index (χ0) is 19.1. The summed E-state index contributed by atoms with van der Waals surface area (Å²) in [5, 5.41) is 6.72. The number of halogens is 1. The fourth-order valence-corrected chi connectivity index (χ4v) is 3.03. The lowest BCUT2D eigenvalue weighted by molar-refractivity contribution is -0.133. The van der Waals surface area contributed by atoms with Crippen LogP contribution in [0.25, 0.3) is 0 Å². The van der Waals surface area contributed by atoms with E-state index in [1.54, 1.807) is 7.05 Å². The molecule has 1 heterocycles. The monoisotopic (exact) mass is 488 g/mol. The Hall–Kier alpha value is -1.51. The van der Waals surface area contributed by atoms with Gasteiger partial charge in [0.25, 0.3) is 0 Å². The molecule has 152 valence electrons. The zero-order valence-electron chi connectivity index (χ0n) is 17.0. The van der Waals surface area contributed by atoms with Gasteiger partial charge in [-0.2, -0.15) is 0 Å². The maximum Gasteiger partial charge on any atom is 0.225 e. The number of aryl methyl sites for hydroxylation is 1. The van der Waals surface area contributed by atoms with Crippen molar-refractivity contribution >= 4 is 35.8 Å². The van der Waals surface area contributed by atoms with Crippen molar-refractivity contribution in [2.24, 2.45) is 10.9 Å². The van der Waals surface area contributed by atoms with Gasteiger partial charge in [0.1, 0.15) is 11.9 Å². The molecule has 2 atom stereocenters. The number of guanidine groups is 1. The first-order chi connectivity index (χ1) is 12.4. The van der Waals surface area contributed by atoms with E-state index >= 15 is 0 Å². The molecule has 0 aromatic heterocycles. The summed E-state index contributed by atoms with van der Waals surface area (Å²) in [4.78, 5) is 18.3. The fourth-order valence-electron chi connectivity index (χ4n) is 3.03. The summed E-state index contributed by atoms with van der Waals surface area (Å²) in [5.41, 5.74) is 1.18. The van der Waals surface area contributed by atoms with Crippen LogP contribution in [0.4, 0.5) is 0 Å². The molecule has 0 bridgehead atoms. The second kappa shape index (κ2) is 11.4. The number of hydrogen-bond acceptors (Lipinski definition) is 3. The highest BCUT2D eigenvalue weighted by atomic mass is 127. The first-order valence-corrected chi connectivity index (χ1v) is 9.38. The first kappa shape index (κ1) is 23.5. The molecule has 0 spiro atoms. The van der Waals surface area contributed by atoms with Gasteiger partial charge in [-0.15, -0.1) is 24.0 Å². The minimum Gasteiger partial charge on any atom is -0.489 e. The Morgan fingerprint density at radius 1 is 1.37 bits per heavy atom. The number of aliphatic imine (C=N–C) groups is 1. The quantitative estimate of drug-likeness (QED) is 0.367. The number of carbonyl (C=O) groups excluding carboxylic acids is 1. The molecule has 7 heteroatoms. The minimum absolute atomic E-state index is 0. The van der Waals surface area contributed by atoms with Crippen LogP contribution in [-0.4, -0.2) is 55.6 Å². The van der Waals surface area contributed by atoms with Gasteiger partial charge >= 0.3 is 0 Å². The van der Waals surface area contributed by atoms with E-state index < -0.39 is 0 Å². The Balaban J connectivity index is 0.00000364. The highest BCUT2D eigenvalue weighted by Crippen LogP contribution is 2.14. The average molecular weight is 488 g/mol. The Kier molecular flexibility index (Phi) is 9.90. The fraction of sp³-hybridized carbons (Fsp3) is 0.600. The highest BCUT2D eigenvalue weighted by Gasteiger charge is 2.27. The number of likely N-dealkylation sites (tertiary alicyclic amines) is 1. The molecule has 0 saturated carbocycles. The van der Waals surface area contributed by atoms with Crippen LogP contribution in [0.15, 0.2) is 29.3 Å². The molecule has 0 radical (unpaired) electrons. The number of nitrogens with zero attached hydrogens (tertiary/aromatic N) is 2. The van der Waals surface area contributed by atoms with Crippen LogP contribution in [0.3, 0.4) is 0 Å². The van der Waals surface area contributed by atoms with Gasteiger partial charge in [-0.1, -0.05) is 26.0 Å². The molecular formula is C20H33IN4O2. The summed E-state index contributed by atoms with van der Waals surface area (Å²) >= 11 is 0. The molecule has 2 rings (SSSR count). The van der Waals surface area contributed by atoms with Crippen LogP contribution >= 0.6 is 24.0 Å². The topological polar surface area (TPSA) is 66.0 Å². The smallest absolute Gasteiger partial charge is 0.225 e. The molecular weight excluding hydrogens is 455 g/mol. The van der Waals surface area contributed by atoms with Crippen LogP contribution < -0.4 is 15.4 Å². The van der Waals surface area contributed by atoms with Gasteiger partial charge in [-0.3, -0.25) is 9.79 Å². The van der Waals surface area contributed by atoms with E-state index in [1.165, 1.54) is 5.56 Å². The predicted octanol–water partition coefficient (Wildman–Crippen LogP) is 2.80. The second-order valence-corrected chi connectivity index (χ2v) is 7.27. The lowest BCUT2D eigenvalue weighted by Gasteiger charge is -2.21. The number of benzene rings is 1. The largest absolute Gasteiger partial charge is 0.489 e. The zero-order valence-corrected chi connectivity index (χ0v) is 19.3. The lowest BCUT2D eigenvalue weighted by Crippen LogP contribution is -2.47. The molecule has 27 heavy (non-hydrogen) atoms. The number of hydrogen-bond donors (Lipinski definition) is 2. The Bertz CT molecular complexity index is 636. The van der Waals surface area contributed by atoms with Gasteiger partial charge < -0.3 is 20.3 Å². The molecule has 1 fully saturated rings. The molecule has 1 amide bonds. The molecule has 0 aliphatic carbocycles. The van der Waals surface area contributed by atoms with Gasteiger partial charge in [0, 0.05) is 32.1 Å². The summed E-state index contributed by atoms with van der Waals surface area (Å²) in [7, 11) is 1.76. The standard InChI is InChI=1S/C20H32N4O2.HI/c1-14(2)19(25)24-10-9-17(13-24)23-20(21-5)22-12-16(4)26-18-8-6-7-15(3)11-18;/h6-8,11,14,16-17H,9-10,12-13H2,1-5H3,(H2,21,22,23);1H. The Morgan fingerprint density at radius 2 is 2.11 bits per heavy atom. The van der Waals surface area contributed by atoms with Crippen molar-refractivity contribution < 1.29 is 9.53 Å². The van der Waals surface area contributed by atoms with Crippen molar-refractivity contribution in [3.05, 3.63) is 29.8 Å². The maximum absolute atomic E-state index is 12.1. The van der Waals surface area contributed by atoms with Crippen LogP contribution in [0.1, 0.15) is 32.8 Å². The highest BCUT2D eigenvalue weighted by molar-refractivity contribution is 14.0. The van der Waals surface area contributed by atoms with E-state index in [2.05, 4.69) is 28.6 Å². The van der Waals surface area contributed by atoms with Crippen LogP contribution in [0, 0.1) is 12.8 Å². The van der Waals surface area contributed by atoms with Crippen molar-refractivity contribution in [3.8, 4) is 5.75 Å². The third kappa shape index (κ3) is 7.56. The van der Waals surface area contributed by atoms with Gasteiger partial charge in [0.2, 0.25) is 5.91 Å². The molecule has 1 aliphatic heterocycles. The van der Waals surface area contributed by atoms with E-state index in [0.717, 1.165) is 31.2 Å². The summed E-state index contributed by atoms with van der Waals surface area (Å²) in [6, 6.07) is 8.28. The number of carbonyl (C=O) groups is 1. The van der Waals surface area contributed by atoms with Crippen molar-refractivity contribution in [1.29, 1.82) is 0 Å². The van der Waals surface area contributed by atoms with Gasteiger partial charge in [0.15, 0.2) is 5.96 Å². The van der Waals surface area contributed by atoms with E-state index in [1.807, 2.05) is 43.9 Å². The predicted molar refractivity (Wildman–Crippen MR) is 121 cm³/mol. The number of rotatable bonds is 6. The van der Waals surface area contributed by atoms with Gasteiger partial charge in [-0.25, -0.2) is 0 Å².